The summed E-state index contributed by atoms with van der Waals surface area (Å²) < 4.78 is 0. The molecular weight excluding hydrogens is 214 g/mol. The van der Waals surface area contributed by atoms with E-state index in [1.807, 2.05) is 0 Å². The summed E-state index contributed by atoms with van der Waals surface area (Å²) in [4.78, 5) is 10.5. The fraction of sp³-hybridized carbons (Fsp3) is 0. The molecule has 3 nitrogen and oxygen atoms in total. The number of rotatable bonds is 1. The van der Waals surface area contributed by atoms with Gasteiger partial charge in [0.05, 0.1) is 0 Å². The summed E-state index contributed by atoms with van der Waals surface area (Å²) in [6, 6.07) is 6.43. The number of carbonyl (C=O) groups is 1. The number of nitrogens with one attached hydrogen (secondary N) is 1. The Morgan fingerprint density at radius 3 is 2.27 bits per heavy atom. The Kier molecular flexibility index (Phi) is 5.17. The molecule has 1 aromatic rings. The van der Waals surface area contributed by atoms with Gasteiger partial charge in [0.1, 0.15) is 0 Å². The van der Waals surface area contributed by atoms with Gasteiger partial charge < -0.3 is 11.5 Å². The summed E-state index contributed by atoms with van der Waals surface area (Å²) in [7, 11) is 0. The van der Waals surface area contributed by atoms with Gasteiger partial charge in [-0.05, 0) is 0 Å². The van der Waals surface area contributed by atoms with E-state index < -0.39 is 5.91 Å². The average Bonchev–Trinajstić information content (AvgIpc) is 1.88. The molecule has 0 atom stereocenters. The van der Waals surface area contributed by atoms with E-state index in [0.29, 0.717) is 0 Å². The minimum atomic E-state index is -0.550. The van der Waals surface area contributed by atoms with Crippen LogP contribution in [0.2, 0.25) is 0 Å². The minimum Gasteiger partial charge on any atom is -0.698 e. The standard InChI is InChI=1S/C7H8N2O.Rb/c8-6-4-2-1-3-5(6)7(9)10;/h1-4H,(H4,8,9,10);/q;+1/p-1. The summed E-state index contributed by atoms with van der Waals surface area (Å²) >= 11 is 0. The maximum atomic E-state index is 10.5. The molecule has 0 radical (unpaired) electrons. The van der Waals surface area contributed by atoms with Gasteiger partial charge in [0.2, 0.25) is 5.91 Å². The van der Waals surface area contributed by atoms with Crippen LogP contribution in [0.3, 0.4) is 0 Å². The maximum absolute atomic E-state index is 10.5. The van der Waals surface area contributed by atoms with E-state index in [1.54, 1.807) is 12.1 Å². The third-order valence-electron chi connectivity index (χ3n) is 1.19. The zero-order valence-electron chi connectivity index (χ0n) is 6.29. The fourth-order valence-corrected chi connectivity index (χ4v) is 0.698. The molecule has 1 rings (SSSR count). The molecule has 0 fully saturated rings. The first-order chi connectivity index (χ1) is 4.72. The molecule has 0 saturated carbocycles. The molecule has 1 amide bonds. The number of hydrogen-bond acceptors (Lipinski definition) is 1. The zero-order valence-corrected chi connectivity index (χ0v) is 11.2. The normalized spacial score (nSPS) is 8.36. The van der Waals surface area contributed by atoms with Crippen molar-refractivity contribution in [1.82, 2.24) is 0 Å². The van der Waals surface area contributed by atoms with E-state index >= 15 is 0 Å². The van der Waals surface area contributed by atoms with E-state index in [0.717, 1.165) is 0 Å². The molecule has 11 heavy (non-hydrogen) atoms. The number of benzene rings is 1. The minimum absolute atomic E-state index is 0. The Bertz CT molecular complexity index is 262. The Morgan fingerprint density at radius 1 is 1.36 bits per heavy atom. The van der Waals surface area contributed by atoms with Crippen LogP contribution < -0.4 is 63.9 Å². The van der Waals surface area contributed by atoms with E-state index in [1.165, 1.54) is 12.1 Å². The van der Waals surface area contributed by atoms with Crippen LogP contribution in [-0.4, -0.2) is 5.91 Å². The van der Waals surface area contributed by atoms with Gasteiger partial charge in [-0.25, -0.2) is 0 Å². The van der Waals surface area contributed by atoms with Crippen LogP contribution in [0.15, 0.2) is 24.3 Å². The average molecular weight is 221 g/mol. The van der Waals surface area contributed by atoms with Crippen LogP contribution in [0.1, 0.15) is 10.4 Å². The third-order valence-corrected chi connectivity index (χ3v) is 1.19. The molecule has 0 aromatic heterocycles. The fourth-order valence-electron chi connectivity index (χ4n) is 0.698. The second-order valence-corrected chi connectivity index (χ2v) is 1.91. The summed E-state index contributed by atoms with van der Waals surface area (Å²) in [5, 5.41) is 0. The first-order valence-electron chi connectivity index (χ1n) is 2.82. The number of primary amides is 1. The summed E-state index contributed by atoms with van der Waals surface area (Å²) in [6.45, 7) is 0. The van der Waals surface area contributed by atoms with E-state index in [4.69, 9.17) is 11.5 Å². The number of nitrogens with two attached hydrogens (primary N) is 1. The van der Waals surface area contributed by atoms with Crippen molar-refractivity contribution in [2.75, 3.05) is 0 Å². The molecule has 3 N–H and O–H groups in total. The predicted molar refractivity (Wildman–Crippen MR) is 38.9 cm³/mol. The molecular formula is C7H7N2ORb. The van der Waals surface area contributed by atoms with Gasteiger partial charge in [0, 0.05) is 5.56 Å². The Morgan fingerprint density at radius 2 is 1.91 bits per heavy atom. The van der Waals surface area contributed by atoms with Gasteiger partial charge in [-0.2, -0.15) is 0 Å². The van der Waals surface area contributed by atoms with Crippen LogP contribution in [0.5, 0.6) is 0 Å². The van der Waals surface area contributed by atoms with E-state index in [-0.39, 0.29) is 69.4 Å². The molecule has 1 aromatic carbocycles. The molecule has 0 aliphatic carbocycles. The first-order valence-corrected chi connectivity index (χ1v) is 2.82. The smallest absolute Gasteiger partial charge is 0.698 e. The first kappa shape index (κ1) is 11.3. The SMILES string of the molecule is [NH-]c1ccccc1C(N)=O.[Rb+]. The number of carbonyl (C=O) groups excluding carboxylic acids is 1. The van der Waals surface area contributed by atoms with Crippen molar-refractivity contribution in [2.45, 2.75) is 0 Å². The van der Waals surface area contributed by atoms with E-state index in [9.17, 15) is 4.79 Å². The zero-order chi connectivity index (χ0) is 7.56. The number of amides is 1. The molecule has 0 bridgehead atoms. The molecule has 52 valence electrons. The van der Waals surface area contributed by atoms with Crippen LogP contribution in [-0.2, 0) is 0 Å². The summed E-state index contributed by atoms with van der Waals surface area (Å²) in [6.07, 6.45) is 0. The van der Waals surface area contributed by atoms with E-state index in [2.05, 4.69) is 0 Å². The van der Waals surface area contributed by atoms with Crippen molar-refractivity contribution in [2.24, 2.45) is 5.73 Å². The molecule has 0 unspecified atom stereocenters. The Balaban J connectivity index is 0.000001000. The Hall–Kier alpha value is 0.295. The van der Waals surface area contributed by atoms with Crippen molar-refractivity contribution >= 4 is 11.6 Å². The van der Waals surface area contributed by atoms with Crippen molar-refractivity contribution in [3.63, 3.8) is 0 Å². The second kappa shape index (κ2) is 5.03. The largest absolute Gasteiger partial charge is 1.00 e. The summed E-state index contributed by atoms with van der Waals surface area (Å²) in [5.74, 6) is -0.550. The number of hydrogen-bond donors (Lipinski definition) is 1. The molecule has 0 aliphatic rings. The molecule has 0 saturated heterocycles. The van der Waals surface area contributed by atoms with Crippen LogP contribution in [0, 0.1) is 0 Å². The molecule has 4 heteroatoms. The quantitative estimate of drug-likeness (QED) is 0.613. The van der Waals surface area contributed by atoms with Gasteiger partial charge >= 0.3 is 58.2 Å². The maximum Gasteiger partial charge on any atom is 1.00 e. The van der Waals surface area contributed by atoms with Crippen molar-refractivity contribution in [1.29, 1.82) is 0 Å². The van der Waals surface area contributed by atoms with Crippen molar-refractivity contribution < 1.29 is 63.0 Å². The summed E-state index contributed by atoms with van der Waals surface area (Å²) in [5.41, 5.74) is 12.6. The second-order valence-electron chi connectivity index (χ2n) is 1.91. The van der Waals surface area contributed by atoms with Crippen LogP contribution in [0.4, 0.5) is 5.69 Å². The molecule has 0 heterocycles. The molecule has 0 spiro atoms. The topological polar surface area (TPSA) is 66.9 Å². The Labute approximate surface area is 114 Å². The van der Waals surface area contributed by atoms with Crippen molar-refractivity contribution in [3.8, 4) is 0 Å². The predicted octanol–water partition coefficient (Wildman–Crippen LogP) is -1.53. The van der Waals surface area contributed by atoms with Gasteiger partial charge in [0.15, 0.2) is 0 Å². The van der Waals surface area contributed by atoms with Crippen molar-refractivity contribution in [3.05, 3.63) is 35.6 Å². The molecule has 0 aliphatic heterocycles. The third kappa shape index (κ3) is 3.03. The van der Waals surface area contributed by atoms with Crippen LogP contribution in [0.25, 0.3) is 5.73 Å². The van der Waals surface area contributed by atoms with Gasteiger partial charge in [-0.1, -0.05) is 24.3 Å². The monoisotopic (exact) mass is 220 g/mol. The van der Waals surface area contributed by atoms with Gasteiger partial charge in [0.25, 0.3) is 0 Å². The van der Waals surface area contributed by atoms with Crippen LogP contribution >= 0.6 is 0 Å². The van der Waals surface area contributed by atoms with Gasteiger partial charge in [-0.3, -0.25) is 4.79 Å². The van der Waals surface area contributed by atoms with Gasteiger partial charge in [-0.15, -0.1) is 5.69 Å².